The van der Waals surface area contributed by atoms with Gasteiger partial charge in [0, 0.05) is 30.2 Å². The summed E-state index contributed by atoms with van der Waals surface area (Å²) in [6.45, 7) is 3.91. The number of ketones is 1. The number of carbonyl (C=O) groups excluding carboxylic acids is 1. The molecule has 1 fully saturated rings. The summed E-state index contributed by atoms with van der Waals surface area (Å²) in [5.74, 6) is 0.925. The number of nitrogens with one attached hydrogen (secondary N) is 1. The van der Waals surface area contributed by atoms with Crippen molar-refractivity contribution >= 4 is 22.1 Å². The molecule has 0 aliphatic carbocycles. The number of hydrogen-bond donors (Lipinski definition) is 1. The lowest BCUT2D eigenvalue weighted by Gasteiger charge is -2.11. The fourth-order valence-electron chi connectivity index (χ4n) is 2.41. The Morgan fingerprint density at radius 1 is 1.65 bits per heavy atom. The largest absolute Gasteiger partial charge is 0.316 e. The van der Waals surface area contributed by atoms with Gasteiger partial charge in [0.2, 0.25) is 0 Å². The van der Waals surface area contributed by atoms with E-state index in [1.807, 2.05) is 22.2 Å². The summed E-state index contributed by atoms with van der Waals surface area (Å²) in [5.41, 5.74) is 0.890. The average Bonchev–Trinajstić information content (AvgIpc) is 2.92. The molecule has 2 atom stereocenters. The highest BCUT2D eigenvalue weighted by molar-refractivity contribution is 7.15. The summed E-state index contributed by atoms with van der Waals surface area (Å²) >= 11 is 1.60. The van der Waals surface area contributed by atoms with Crippen molar-refractivity contribution in [2.45, 2.75) is 13.3 Å². The van der Waals surface area contributed by atoms with E-state index in [4.69, 9.17) is 0 Å². The molecule has 4 nitrogen and oxygen atoms in total. The maximum absolute atomic E-state index is 12.1. The minimum Gasteiger partial charge on any atom is -0.316 e. The zero-order chi connectivity index (χ0) is 11.8. The summed E-state index contributed by atoms with van der Waals surface area (Å²) < 4.78 is 1.98. The van der Waals surface area contributed by atoms with Crippen LogP contribution in [-0.4, -0.2) is 28.3 Å². The Bertz CT molecular complexity index is 516. The van der Waals surface area contributed by atoms with Crippen LogP contribution in [0.5, 0.6) is 0 Å². The van der Waals surface area contributed by atoms with E-state index in [9.17, 15) is 4.79 Å². The Morgan fingerprint density at radius 2 is 2.53 bits per heavy atom. The number of aromatic nitrogens is 2. The second-order valence-electron chi connectivity index (χ2n) is 4.71. The van der Waals surface area contributed by atoms with Gasteiger partial charge in [-0.3, -0.25) is 9.20 Å². The first-order valence-corrected chi connectivity index (χ1v) is 6.76. The lowest BCUT2D eigenvalue weighted by molar-refractivity contribution is -0.122. The normalized spacial score (nSPS) is 24.5. The third-order valence-corrected chi connectivity index (χ3v) is 4.20. The van der Waals surface area contributed by atoms with Crippen molar-refractivity contribution in [2.24, 2.45) is 11.8 Å². The number of hydrogen-bond acceptors (Lipinski definition) is 4. The van der Waals surface area contributed by atoms with Gasteiger partial charge >= 0.3 is 0 Å². The molecule has 3 heterocycles. The number of thiazole rings is 1. The third kappa shape index (κ3) is 2.00. The highest BCUT2D eigenvalue weighted by Gasteiger charge is 2.29. The zero-order valence-corrected chi connectivity index (χ0v) is 10.5. The monoisotopic (exact) mass is 249 g/mol. The number of Topliss-reactive ketones (excluding diaryl/α,β-unsaturated/α-hetero) is 1. The molecule has 1 aliphatic heterocycles. The van der Waals surface area contributed by atoms with Crippen LogP contribution in [0, 0.1) is 11.8 Å². The molecule has 5 heteroatoms. The van der Waals surface area contributed by atoms with Crippen molar-refractivity contribution in [1.82, 2.24) is 14.7 Å². The van der Waals surface area contributed by atoms with Crippen molar-refractivity contribution in [1.29, 1.82) is 0 Å². The van der Waals surface area contributed by atoms with Crippen molar-refractivity contribution in [3.05, 3.63) is 23.5 Å². The molecular weight excluding hydrogens is 234 g/mol. The Labute approximate surface area is 104 Å². The van der Waals surface area contributed by atoms with Gasteiger partial charge in [-0.25, -0.2) is 4.98 Å². The van der Waals surface area contributed by atoms with Crippen LogP contribution in [0.2, 0.25) is 0 Å². The molecule has 0 amide bonds. The van der Waals surface area contributed by atoms with Gasteiger partial charge < -0.3 is 5.32 Å². The number of imidazole rings is 1. The number of fused-ring (bicyclic) bond motifs is 1. The molecule has 0 saturated carbocycles. The fourth-order valence-corrected chi connectivity index (χ4v) is 3.13. The van der Waals surface area contributed by atoms with Crippen LogP contribution in [0.15, 0.2) is 17.8 Å². The lowest BCUT2D eigenvalue weighted by atomic mass is 9.91. The van der Waals surface area contributed by atoms with Crippen molar-refractivity contribution in [3.8, 4) is 0 Å². The lowest BCUT2D eigenvalue weighted by Crippen LogP contribution is -2.23. The molecule has 2 aromatic rings. The molecule has 0 aromatic carbocycles. The Morgan fingerprint density at radius 3 is 3.24 bits per heavy atom. The zero-order valence-electron chi connectivity index (χ0n) is 9.72. The maximum atomic E-state index is 12.1. The van der Waals surface area contributed by atoms with E-state index in [2.05, 4.69) is 17.2 Å². The van der Waals surface area contributed by atoms with E-state index in [1.54, 1.807) is 11.3 Å². The van der Waals surface area contributed by atoms with E-state index in [0.717, 1.165) is 23.7 Å². The topological polar surface area (TPSA) is 46.4 Å². The first-order valence-electron chi connectivity index (χ1n) is 5.88. The van der Waals surface area contributed by atoms with Crippen LogP contribution >= 0.6 is 11.3 Å². The van der Waals surface area contributed by atoms with Gasteiger partial charge in [0.15, 0.2) is 4.96 Å². The molecule has 2 unspecified atom stereocenters. The molecular formula is C12H15N3OS. The molecule has 3 rings (SSSR count). The quantitative estimate of drug-likeness (QED) is 0.893. The van der Waals surface area contributed by atoms with Crippen LogP contribution in [0.1, 0.15) is 12.6 Å². The summed E-state index contributed by atoms with van der Waals surface area (Å²) in [7, 11) is 0. The smallest absolute Gasteiger partial charge is 0.193 e. The average molecular weight is 249 g/mol. The summed E-state index contributed by atoms with van der Waals surface area (Å²) in [4.78, 5) is 17.6. The Balaban J connectivity index is 1.74. The Kier molecular flexibility index (Phi) is 2.72. The number of carbonyl (C=O) groups is 1. The summed E-state index contributed by atoms with van der Waals surface area (Å²) in [6, 6.07) is 0. The second kappa shape index (κ2) is 4.23. The molecule has 1 aliphatic rings. The van der Waals surface area contributed by atoms with Crippen LogP contribution in [0.3, 0.4) is 0 Å². The fraction of sp³-hybridized carbons (Fsp3) is 0.500. The molecule has 1 N–H and O–H groups in total. The van der Waals surface area contributed by atoms with Crippen LogP contribution in [0.25, 0.3) is 4.96 Å². The number of nitrogens with zero attached hydrogens (tertiary/aromatic N) is 2. The summed E-state index contributed by atoms with van der Waals surface area (Å²) in [6.07, 6.45) is 4.39. The van der Waals surface area contributed by atoms with Crippen LogP contribution < -0.4 is 5.32 Å². The van der Waals surface area contributed by atoms with E-state index in [-0.39, 0.29) is 5.92 Å². The van der Waals surface area contributed by atoms with E-state index >= 15 is 0 Å². The van der Waals surface area contributed by atoms with Gasteiger partial charge in [0.1, 0.15) is 5.78 Å². The summed E-state index contributed by atoms with van der Waals surface area (Å²) in [5, 5.41) is 5.26. The SMILES string of the molecule is CC1CNCC1C(=O)Cc1cn2ccsc2n1. The first-order chi connectivity index (χ1) is 8.24. The second-order valence-corrected chi connectivity index (χ2v) is 5.58. The molecule has 1 saturated heterocycles. The standard InChI is InChI=1S/C12H15N3OS/c1-8-5-13-6-10(8)11(16)4-9-7-15-2-3-17-12(15)14-9/h2-3,7-8,10,13H,4-6H2,1H3. The van der Waals surface area contributed by atoms with Gasteiger partial charge in [-0.2, -0.15) is 0 Å². The Hall–Kier alpha value is -1.20. The van der Waals surface area contributed by atoms with Gasteiger partial charge in [-0.05, 0) is 12.5 Å². The van der Waals surface area contributed by atoms with Crippen LogP contribution in [-0.2, 0) is 11.2 Å². The molecule has 90 valence electrons. The van der Waals surface area contributed by atoms with Crippen LogP contribution in [0.4, 0.5) is 0 Å². The van der Waals surface area contributed by atoms with Gasteiger partial charge in [-0.15, -0.1) is 11.3 Å². The highest BCUT2D eigenvalue weighted by atomic mass is 32.1. The van der Waals surface area contributed by atoms with Gasteiger partial charge in [0.05, 0.1) is 12.1 Å². The molecule has 0 radical (unpaired) electrons. The minimum atomic E-state index is 0.162. The van der Waals surface area contributed by atoms with E-state index < -0.39 is 0 Å². The molecule has 17 heavy (non-hydrogen) atoms. The maximum Gasteiger partial charge on any atom is 0.193 e. The third-order valence-electron chi connectivity index (χ3n) is 3.43. The van der Waals surface area contributed by atoms with E-state index in [0.29, 0.717) is 18.1 Å². The van der Waals surface area contributed by atoms with Gasteiger partial charge in [0.25, 0.3) is 0 Å². The minimum absolute atomic E-state index is 0.162. The van der Waals surface area contributed by atoms with E-state index in [1.165, 1.54) is 0 Å². The molecule has 0 spiro atoms. The predicted molar refractivity (Wildman–Crippen MR) is 67.3 cm³/mol. The first kappa shape index (κ1) is 10.9. The molecule has 0 bridgehead atoms. The van der Waals surface area contributed by atoms with Crippen molar-refractivity contribution < 1.29 is 4.79 Å². The van der Waals surface area contributed by atoms with Crippen molar-refractivity contribution in [2.75, 3.05) is 13.1 Å². The molecule has 2 aromatic heterocycles. The van der Waals surface area contributed by atoms with Crippen molar-refractivity contribution in [3.63, 3.8) is 0 Å². The van der Waals surface area contributed by atoms with Gasteiger partial charge in [-0.1, -0.05) is 6.92 Å². The number of rotatable bonds is 3. The predicted octanol–water partition coefficient (Wildman–Crippen LogP) is 1.36. The highest BCUT2D eigenvalue weighted by Crippen LogP contribution is 2.19.